The first-order valence-corrected chi connectivity index (χ1v) is 5.36. The van der Waals surface area contributed by atoms with Crippen LogP contribution in [0.2, 0.25) is 0 Å². The van der Waals surface area contributed by atoms with Crippen molar-refractivity contribution in [3.8, 4) is 5.75 Å². The standard InChI is InChI=1S/C12H10F3NO2/c1-2-18-8-3-4-9-7(5-8)6-10(17)11(16-9)12(13,14)15/h3-5H,2,6H2,1H3. The Morgan fingerprint density at radius 3 is 2.72 bits per heavy atom. The minimum atomic E-state index is -4.70. The van der Waals surface area contributed by atoms with Gasteiger partial charge in [0.25, 0.3) is 0 Å². The average molecular weight is 257 g/mol. The molecule has 2 rings (SSSR count). The molecule has 1 aromatic rings. The fourth-order valence-corrected chi connectivity index (χ4v) is 1.73. The largest absolute Gasteiger partial charge is 0.494 e. The molecule has 0 N–H and O–H groups in total. The lowest BCUT2D eigenvalue weighted by atomic mass is 10.00. The van der Waals surface area contributed by atoms with E-state index in [4.69, 9.17) is 4.74 Å². The Morgan fingerprint density at radius 1 is 1.39 bits per heavy atom. The molecule has 0 aromatic heterocycles. The Bertz CT molecular complexity index is 521. The van der Waals surface area contributed by atoms with Gasteiger partial charge in [0.2, 0.25) is 0 Å². The summed E-state index contributed by atoms with van der Waals surface area (Å²) in [6.45, 7) is 2.24. The Morgan fingerprint density at radius 2 is 2.11 bits per heavy atom. The Balaban J connectivity index is 2.42. The zero-order chi connectivity index (χ0) is 13.3. The Kier molecular flexibility index (Phi) is 3.11. The van der Waals surface area contributed by atoms with Gasteiger partial charge in [0.05, 0.1) is 12.3 Å². The molecule has 0 spiro atoms. The van der Waals surface area contributed by atoms with Gasteiger partial charge in [0, 0.05) is 6.42 Å². The summed E-state index contributed by atoms with van der Waals surface area (Å²) in [5, 5.41) is 0. The highest BCUT2D eigenvalue weighted by Crippen LogP contribution is 2.32. The molecule has 96 valence electrons. The van der Waals surface area contributed by atoms with Crippen LogP contribution in [0.4, 0.5) is 18.9 Å². The van der Waals surface area contributed by atoms with Crippen LogP contribution in [0.25, 0.3) is 0 Å². The molecule has 0 saturated heterocycles. The molecule has 1 aromatic carbocycles. The number of benzene rings is 1. The fraction of sp³-hybridized carbons (Fsp3) is 0.333. The molecular weight excluding hydrogens is 247 g/mol. The van der Waals surface area contributed by atoms with Crippen LogP contribution in [0.15, 0.2) is 23.2 Å². The number of alkyl halides is 3. The predicted octanol–water partition coefficient (Wildman–Crippen LogP) is 2.85. The Labute approximate surface area is 101 Å². The van der Waals surface area contributed by atoms with Crippen LogP contribution < -0.4 is 4.74 Å². The van der Waals surface area contributed by atoms with Crippen molar-refractivity contribution in [1.29, 1.82) is 0 Å². The molecule has 0 aliphatic carbocycles. The summed E-state index contributed by atoms with van der Waals surface area (Å²) >= 11 is 0. The van der Waals surface area contributed by atoms with E-state index >= 15 is 0 Å². The molecule has 3 nitrogen and oxygen atoms in total. The molecule has 18 heavy (non-hydrogen) atoms. The van der Waals surface area contributed by atoms with Crippen LogP contribution in [0, 0.1) is 0 Å². The number of aliphatic imine (C=N–C) groups is 1. The summed E-state index contributed by atoms with van der Waals surface area (Å²) in [6, 6.07) is 4.52. The molecule has 0 fully saturated rings. The van der Waals surface area contributed by atoms with Crippen LogP contribution in [0.5, 0.6) is 5.75 Å². The highest BCUT2D eigenvalue weighted by Gasteiger charge is 2.42. The SMILES string of the molecule is CCOc1ccc2c(c1)CC(=O)C(C(F)(F)F)=N2. The van der Waals surface area contributed by atoms with Gasteiger partial charge < -0.3 is 4.74 Å². The second-order valence-corrected chi connectivity index (χ2v) is 3.78. The third kappa shape index (κ3) is 2.37. The van der Waals surface area contributed by atoms with Gasteiger partial charge in [-0.1, -0.05) is 0 Å². The van der Waals surface area contributed by atoms with E-state index in [1.54, 1.807) is 13.0 Å². The number of Topliss-reactive ketones (excluding diaryl/α,β-unsaturated/α-hetero) is 1. The zero-order valence-electron chi connectivity index (χ0n) is 9.54. The van der Waals surface area contributed by atoms with E-state index in [9.17, 15) is 18.0 Å². The zero-order valence-corrected chi connectivity index (χ0v) is 9.54. The van der Waals surface area contributed by atoms with Crippen molar-refractivity contribution in [2.75, 3.05) is 6.61 Å². The number of rotatable bonds is 2. The fourth-order valence-electron chi connectivity index (χ4n) is 1.73. The van der Waals surface area contributed by atoms with Crippen molar-refractivity contribution in [1.82, 2.24) is 0 Å². The van der Waals surface area contributed by atoms with Gasteiger partial charge in [-0.15, -0.1) is 0 Å². The molecule has 6 heteroatoms. The van der Waals surface area contributed by atoms with E-state index in [0.29, 0.717) is 17.9 Å². The van der Waals surface area contributed by atoms with E-state index in [1.165, 1.54) is 12.1 Å². The van der Waals surface area contributed by atoms with Gasteiger partial charge in [0.15, 0.2) is 11.5 Å². The Hall–Kier alpha value is -1.85. The molecular formula is C12H10F3NO2. The van der Waals surface area contributed by atoms with Crippen molar-refractivity contribution in [2.45, 2.75) is 19.5 Å². The lowest BCUT2D eigenvalue weighted by molar-refractivity contribution is -0.116. The summed E-state index contributed by atoms with van der Waals surface area (Å²) < 4.78 is 42.7. The molecule has 1 aliphatic heterocycles. The number of halogens is 3. The number of hydrogen-bond acceptors (Lipinski definition) is 3. The molecule has 0 bridgehead atoms. The monoisotopic (exact) mass is 257 g/mol. The molecule has 1 heterocycles. The van der Waals surface area contributed by atoms with Crippen molar-refractivity contribution >= 4 is 17.2 Å². The number of carbonyl (C=O) groups excluding carboxylic acids is 1. The van der Waals surface area contributed by atoms with Crippen LogP contribution in [0.3, 0.4) is 0 Å². The third-order valence-corrected chi connectivity index (χ3v) is 2.48. The van der Waals surface area contributed by atoms with Gasteiger partial charge in [-0.05, 0) is 30.7 Å². The summed E-state index contributed by atoms with van der Waals surface area (Å²) in [4.78, 5) is 14.8. The number of fused-ring (bicyclic) bond motifs is 1. The van der Waals surface area contributed by atoms with Crippen molar-refractivity contribution in [3.63, 3.8) is 0 Å². The average Bonchev–Trinajstić information content (AvgIpc) is 2.27. The van der Waals surface area contributed by atoms with Gasteiger partial charge in [-0.25, -0.2) is 4.99 Å². The molecule has 0 unspecified atom stereocenters. The molecule has 0 saturated carbocycles. The van der Waals surface area contributed by atoms with Gasteiger partial charge in [0.1, 0.15) is 5.75 Å². The molecule has 0 atom stereocenters. The van der Waals surface area contributed by atoms with Crippen LogP contribution in [-0.4, -0.2) is 24.3 Å². The predicted molar refractivity (Wildman–Crippen MR) is 59.5 cm³/mol. The lowest BCUT2D eigenvalue weighted by Crippen LogP contribution is -2.34. The first-order chi connectivity index (χ1) is 8.41. The third-order valence-electron chi connectivity index (χ3n) is 2.48. The molecule has 0 amide bonds. The van der Waals surface area contributed by atoms with Gasteiger partial charge >= 0.3 is 6.18 Å². The minimum Gasteiger partial charge on any atom is -0.494 e. The number of ketones is 1. The molecule has 1 aliphatic rings. The number of ether oxygens (including phenoxy) is 1. The number of nitrogens with zero attached hydrogens (tertiary/aromatic N) is 1. The normalized spacial score (nSPS) is 15.1. The maximum atomic E-state index is 12.5. The van der Waals surface area contributed by atoms with E-state index in [-0.39, 0.29) is 12.1 Å². The topological polar surface area (TPSA) is 38.7 Å². The highest BCUT2D eigenvalue weighted by molar-refractivity contribution is 6.43. The van der Waals surface area contributed by atoms with Gasteiger partial charge in [-0.3, -0.25) is 4.79 Å². The van der Waals surface area contributed by atoms with E-state index in [0.717, 1.165) is 0 Å². The van der Waals surface area contributed by atoms with Crippen molar-refractivity contribution < 1.29 is 22.7 Å². The van der Waals surface area contributed by atoms with E-state index in [1.807, 2.05) is 0 Å². The number of carbonyl (C=O) groups is 1. The number of hydrogen-bond donors (Lipinski definition) is 0. The quantitative estimate of drug-likeness (QED) is 0.817. The maximum absolute atomic E-state index is 12.5. The highest BCUT2D eigenvalue weighted by atomic mass is 19.4. The van der Waals surface area contributed by atoms with Crippen LogP contribution in [0.1, 0.15) is 12.5 Å². The first kappa shape index (κ1) is 12.6. The maximum Gasteiger partial charge on any atom is 0.436 e. The van der Waals surface area contributed by atoms with Crippen molar-refractivity contribution in [3.05, 3.63) is 23.8 Å². The summed E-state index contributed by atoms with van der Waals surface area (Å²) in [6.07, 6.45) is -5.00. The van der Waals surface area contributed by atoms with E-state index < -0.39 is 17.7 Å². The summed E-state index contributed by atoms with van der Waals surface area (Å²) in [5.41, 5.74) is -0.705. The minimum absolute atomic E-state index is 0.172. The van der Waals surface area contributed by atoms with E-state index in [2.05, 4.69) is 4.99 Å². The molecule has 0 radical (unpaired) electrons. The lowest BCUT2D eigenvalue weighted by Gasteiger charge is -2.17. The summed E-state index contributed by atoms with van der Waals surface area (Å²) in [5.74, 6) is -0.488. The first-order valence-electron chi connectivity index (χ1n) is 5.36. The summed E-state index contributed by atoms with van der Waals surface area (Å²) in [7, 11) is 0. The second kappa shape index (κ2) is 4.44. The smallest absolute Gasteiger partial charge is 0.436 e. The van der Waals surface area contributed by atoms with Crippen molar-refractivity contribution in [2.24, 2.45) is 4.99 Å². The van der Waals surface area contributed by atoms with Crippen LogP contribution in [-0.2, 0) is 11.2 Å². The van der Waals surface area contributed by atoms with Gasteiger partial charge in [-0.2, -0.15) is 13.2 Å². The second-order valence-electron chi connectivity index (χ2n) is 3.78. The van der Waals surface area contributed by atoms with Crippen LogP contribution >= 0.6 is 0 Å².